The van der Waals surface area contributed by atoms with Gasteiger partial charge in [0.1, 0.15) is 5.82 Å². The van der Waals surface area contributed by atoms with Gasteiger partial charge in [-0.25, -0.2) is 4.39 Å². The monoisotopic (exact) mass is 374 g/mol. The summed E-state index contributed by atoms with van der Waals surface area (Å²) >= 11 is 5.54. The van der Waals surface area contributed by atoms with Crippen LogP contribution in [0.5, 0.6) is 0 Å². The molecule has 0 aromatic heterocycles. The second-order valence-electron chi connectivity index (χ2n) is 5.39. The van der Waals surface area contributed by atoms with Gasteiger partial charge in [-0.1, -0.05) is 23.7 Å². The molecule has 0 bridgehead atoms. The maximum absolute atomic E-state index is 12.9. The summed E-state index contributed by atoms with van der Waals surface area (Å²) in [6.45, 7) is 1.50. The zero-order chi connectivity index (χ0) is 18.6. The molecule has 1 unspecified atom stereocenters. The maximum atomic E-state index is 12.9. The molecule has 8 heteroatoms. The molecule has 0 fully saturated rings. The van der Waals surface area contributed by atoms with Gasteiger partial charge in [0, 0.05) is 5.69 Å². The zero-order valence-corrected chi connectivity index (χ0v) is 13.9. The molecule has 0 aliphatic carbocycles. The topological polar surface area (TPSA) is 41.1 Å². The molecule has 0 heterocycles. The molecule has 134 valence electrons. The molecule has 3 nitrogen and oxygen atoms in total. The maximum Gasteiger partial charge on any atom is 0.417 e. The number of halogens is 5. The van der Waals surface area contributed by atoms with Crippen LogP contribution in [-0.4, -0.2) is 12.5 Å². The summed E-state index contributed by atoms with van der Waals surface area (Å²) in [6, 6.07) is 8.60. The van der Waals surface area contributed by atoms with Crippen molar-refractivity contribution >= 4 is 23.2 Å². The number of anilines is 1. The third-order valence-corrected chi connectivity index (χ3v) is 3.80. The Morgan fingerprint density at radius 1 is 1.16 bits per heavy atom. The van der Waals surface area contributed by atoms with Crippen LogP contribution in [0.3, 0.4) is 0 Å². The van der Waals surface area contributed by atoms with Crippen LogP contribution in [-0.2, 0) is 11.0 Å². The van der Waals surface area contributed by atoms with Crippen molar-refractivity contribution in [1.29, 1.82) is 0 Å². The summed E-state index contributed by atoms with van der Waals surface area (Å²) in [5.74, 6) is -0.799. The molecule has 0 aliphatic rings. The number of nitrogens with one attached hydrogen (secondary N) is 2. The van der Waals surface area contributed by atoms with E-state index in [1.165, 1.54) is 18.2 Å². The van der Waals surface area contributed by atoms with E-state index >= 15 is 0 Å². The number of hydrogen-bond acceptors (Lipinski definition) is 2. The van der Waals surface area contributed by atoms with E-state index in [4.69, 9.17) is 11.6 Å². The summed E-state index contributed by atoms with van der Waals surface area (Å²) in [5.41, 5.74) is -0.138. The lowest BCUT2D eigenvalue weighted by molar-refractivity contribution is -0.137. The fourth-order valence-electron chi connectivity index (χ4n) is 2.16. The Balaban J connectivity index is 1.95. The van der Waals surface area contributed by atoms with Crippen LogP contribution in [0.1, 0.15) is 24.1 Å². The summed E-state index contributed by atoms with van der Waals surface area (Å²) in [6.07, 6.45) is -4.58. The van der Waals surface area contributed by atoms with Gasteiger partial charge < -0.3 is 10.6 Å². The molecule has 0 spiro atoms. The van der Waals surface area contributed by atoms with Crippen LogP contribution in [0.4, 0.5) is 23.2 Å². The normalized spacial score (nSPS) is 12.6. The first-order valence-corrected chi connectivity index (χ1v) is 7.70. The van der Waals surface area contributed by atoms with Crippen molar-refractivity contribution in [1.82, 2.24) is 5.32 Å². The molecular formula is C17H15ClF4N2O. The largest absolute Gasteiger partial charge is 0.417 e. The predicted octanol–water partition coefficient (Wildman–Crippen LogP) is 4.79. The van der Waals surface area contributed by atoms with E-state index in [0.29, 0.717) is 5.56 Å². The minimum Gasteiger partial charge on any atom is -0.376 e. The number of carbonyl (C=O) groups is 1. The lowest BCUT2D eigenvalue weighted by Gasteiger charge is -2.16. The summed E-state index contributed by atoms with van der Waals surface area (Å²) in [5, 5.41) is 4.88. The zero-order valence-electron chi connectivity index (χ0n) is 13.1. The van der Waals surface area contributed by atoms with E-state index in [0.717, 1.165) is 12.1 Å². The van der Waals surface area contributed by atoms with Gasteiger partial charge in [-0.15, -0.1) is 0 Å². The van der Waals surface area contributed by atoms with Crippen LogP contribution >= 0.6 is 11.6 Å². The minimum absolute atomic E-state index is 0.126. The fraction of sp³-hybridized carbons (Fsp3) is 0.235. The van der Waals surface area contributed by atoms with Crippen LogP contribution in [0.25, 0.3) is 0 Å². The van der Waals surface area contributed by atoms with Crippen LogP contribution in [0.2, 0.25) is 5.02 Å². The molecule has 2 aromatic rings. The van der Waals surface area contributed by atoms with Gasteiger partial charge in [-0.2, -0.15) is 13.2 Å². The second kappa shape index (κ2) is 7.74. The van der Waals surface area contributed by atoms with Gasteiger partial charge in [-0.05, 0) is 42.8 Å². The third kappa shape index (κ3) is 5.35. The molecule has 2 aromatic carbocycles. The van der Waals surface area contributed by atoms with Gasteiger partial charge in [-0.3, -0.25) is 4.79 Å². The standard InChI is InChI=1S/C17H15ClF4N2O/c1-10(11-2-4-12(19)5-3-11)24-16(25)9-23-13-6-7-15(18)14(8-13)17(20,21)22/h2-8,10,23H,9H2,1H3,(H,24,25). The molecule has 0 radical (unpaired) electrons. The highest BCUT2D eigenvalue weighted by Gasteiger charge is 2.33. The van der Waals surface area contributed by atoms with Crippen molar-refractivity contribution in [3.05, 3.63) is 64.4 Å². The van der Waals surface area contributed by atoms with E-state index in [1.807, 2.05) is 0 Å². The first-order valence-electron chi connectivity index (χ1n) is 7.32. The predicted molar refractivity (Wildman–Crippen MR) is 87.9 cm³/mol. The first kappa shape index (κ1) is 19.1. The number of carbonyl (C=O) groups excluding carboxylic acids is 1. The Morgan fingerprint density at radius 3 is 2.40 bits per heavy atom. The number of hydrogen-bond donors (Lipinski definition) is 2. The summed E-state index contributed by atoms with van der Waals surface area (Å²) in [7, 11) is 0. The highest BCUT2D eigenvalue weighted by atomic mass is 35.5. The summed E-state index contributed by atoms with van der Waals surface area (Å²) < 4.78 is 51.3. The molecule has 2 rings (SSSR count). The molecule has 1 amide bonds. The Bertz CT molecular complexity index is 747. The van der Waals surface area contributed by atoms with E-state index in [1.54, 1.807) is 19.1 Å². The van der Waals surface area contributed by atoms with E-state index < -0.39 is 22.7 Å². The van der Waals surface area contributed by atoms with E-state index in [2.05, 4.69) is 10.6 Å². The minimum atomic E-state index is -4.58. The number of benzene rings is 2. The van der Waals surface area contributed by atoms with Gasteiger partial charge in [0.05, 0.1) is 23.2 Å². The van der Waals surface area contributed by atoms with Gasteiger partial charge >= 0.3 is 6.18 Å². The lowest BCUT2D eigenvalue weighted by atomic mass is 10.1. The van der Waals surface area contributed by atoms with Crippen molar-refractivity contribution < 1.29 is 22.4 Å². The van der Waals surface area contributed by atoms with Crippen molar-refractivity contribution in [2.24, 2.45) is 0 Å². The van der Waals surface area contributed by atoms with Gasteiger partial charge in [0.2, 0.25) is 5.91 Å². The molecule has 25 heavy (non-hydrogen) atoms. The van der Waals surface area contributed by atoms with Gasteiger partial charge in [0.15, 0.2) is 0 Å². The smallest absolute Gasteiger partial charge is 0.376 e. The first-order chi connectivity index (χ1) is 11.7. The Labute approximate surface area is 147 Å². The highest BCUT2D eigenvalue weighted by Crippen LogP contribution is 2.36. The molecule has 1 atom stereocenters. The van der Waals surface area contributed by atoms with Crippen molar-refractivity contribution in [2.45, 2.75) is 19.1 Å². The Hall–Kier alpha value is -2.28. The fourth-order valence-corrected chi connectivity index (χ4v) is 2.39. The Kier molecular flexibility index (Phi) is 5.89. The average Bonchev–Trinajstić information content (AvgIpc) is 2.53. The second-order valence-corrected chi connectivity index (χ2v) is 5.79. The average molecular weight is 375 g/mol. The van der Waals surface area contributed by atoms with Crippen LogP contribution in [0.15, 0.2) is 42.5 Å². The quantitative estimate of drug-likeness (QED) is 0.739. The van der Waals surface area contributed by atoms with E-state index in [9.17, 15) is 22.4 Å². The molecule has 0 saturated heterocycles. The highest BCUT2D eigenvalue weighted by molar-refractivity contribution is 6.31. The molecule has 0 aliphatic heterocycles. The van der Waals surface area contributed by atoms with Crippen molar-refractivity contribution in [2.75, 3.05) is 11.9 Å². The van der Waals surface area contributed by atoms with Crippen LogP contribution in [0, 0.1) is 5.82 Å². The number of amides is 1. The molecule has 2 N–H and O–H groups in total. The molecule has 0 saturated carbocycles. The third-order valence-electron chi connectivity index (χ3n) is 3.47. The lowest BCUT2D eigenvalue weighted by Crippen LogP contribution is -2.32. The van der Waals surface area contributed by atoms with Crippen molar-refractivity contribution in [3.8, 4) is 0 Å². The Morgan fingerprint density at radius 2 is 1.80 bits per heavy atom. The van der Waals surface area contributed by atoms with Gasteiger partial charge in [0.25, 0.3) is 0 Å². The number of rotatable bonds is 5. The summed E-state index contributed by atoms with van der Waals surface area (Å²) in [4.78, 5) is 11.9. The SMILES string of the molecule is CC(NC(=O)CNc1ccc(Cl)c(C(F)(F)F)c1)c1ccc(F)cc1. The molecular weight excluding hydrogens is 360 g/mol. The van der Waals surface area contributed by atoms with Crippen molar-refractivity contribution in [3.63, 3.8) is 0 Å². The number of alkyl halides is 3. The van der Waals surface area contributed by atoms with Crippen LogP contribution < -0.4 is 10.6 Å². The van der Waals surface area contributed by atoms with E-state index in [-0.39, 0.29) is 24.1 Å².